The number of hydrogen-bond acceptors (Lipinski definition) is 8. The lowest BCUT2D eigenvalue weighted by molar-refractivity contribution is -0.127. The van der Waals surface area contributed by atoms with Gasteiger partial charge in [-0.15, -0.1) is 5.10 Å². The van der Waals surface area contributed by atoms with E-state index in [-0.39, 0.29) is 18.0 Å². The van der Waals surface area contributed by atoms with Gasteiger partial charge < -0.3 is 20.6 Å². The Morgan fingerprint density at radius 2 is 1.92 bits per heavy atom. The average Bonchev–Trinajstić information content (AvgIpc) is 3.69. The summed E-state index contributed by atoms with van der Waals surface area (Å²) < 4.78 is 8.51. The molecule has 0 spiro atoms. The van der Waals surface area contributed by atoms with Gasteiger partial charge in [0.2, 0.25) is 11.8 Å². The molecule has 0 saturated heterocycles. The first-order valence-corrected chi connectivity index (χ1v) is 12.9. The van der Waals surface area contributed by atoms with Crippen molar-refractivity contribution < 1.29 is 14.3 Å². The van der Waals surface area contributed by atoms with Crippen LogP contribution < -0.4 is 11.1 Å². The molecule has 11 nitrogen and oxygen atoms in total. The molecule has 4 aromatic heterocycles. The second-order valence-electron chi connectivity index (χ2n) is 10.1. The van der Waals surface area contributed by atoms with Gasteiger partial charge in [0.05, 0.1) is 24.0 Å². The molecule has 1 aliphatic carbocycles. The first kappa shape index (κ1) is 24.1. The molecule has 1 atom stereocenters. The van der Waals surface area contributed by atoms with E-state index >= 15 is 0 Å². The molecule has 0 radical (unpaired) electrons. The number of aromatic nitrogens is 6. The third kappa shape index (κ3) is 4.08. The third-order valence-corrected chi connectivity index (χ3v) is 7.63. The van der Waals surface area contributed by atoms with E-state index in [4.69, 9.17) is 10.2 Å². The van der Waals surface area contributed by atoms with Crippen LogP contribution in [0.1, 0.15) is 44.6 Å². The number of nitrogens with zero attached hydrogens (tertiary/aromatic N) is 6. The maximum Gasteiger partial charge on any atom is 0.252 e. The van der Waals surface area contributed by atoms with Crippen molar-refractivity contribution in [2.45, 2.75) is 50.7 Å². The topological polar surface area (TPSA) is 149 Å². The van der Waals surface area contributed by atoms with Gasteiger partial charge in [-0.1, -0.05) is 30.3 Å². The fourth-order valence-electron chi connectivity index (χ4n) is 5.35. The van der Waals surface area contributed by atoms with Crippen molar-refractivity contribution in [3.8, 4) is 11.6 Å². The molecule has 5 aromatic rings. The van der Waals surface area contributed by atoms with Crippen molar-refractivity contribution >= 4 is 28.5 Å². The summed E-state index contributed by atoms with van der Waals surface area (Å²) in [6, 6.07) is 13.0. The first-order chi connectivity index (χ1) is 18.4. The molecule has 11 heteroatoms. The van der Waals surface area contributed by atoms with Crippen LogP contribution in [0.2, 0.25) is 0 Å². The Morgan fingerprint density at radius 1 is 1.13 bits per heavy atom. The summed E-state index contributed by atoms with van der Waals surface area (Å²) in [6.07, 6.45) is 7.48. The summed E-state index contributed by atoms with van der Waals surface area (Å²) in [7, 11) is 0. The fourth-order valence-corrected chi connectivity index (χ4v) is 5.35. The quantitative estimate of drug-likeness (QED) is 0.300. The minimum atomic E-state index is -1.20. The maximum absolute atomic E-state index is 13.9. The van der Waals surface area contributed by atoms with Gasteiger partial charge in [-0.2, -0.15) is 14.6 Å². The van der Waals surface area contributed by atoms with Crippen LogP contribution >= 0.6 is 0 Å². The van der Waals surface area contributed by atoms with Gasteiger partial charge in [-0.05, 0) is 62.6 Å². The molecule has 196 valence electrons. The summed E-state index contributed by atoms with van der Waals surface area (Å²) >= 11 is 0. The van der Waals surface area contributed by atoms with Crippen molar-refractivity contribution in [3.63, 3.8) is 0 Å². The van der Waals surface area contributed by atoms with Crippen molar-refractivity contribution in [2.75, 3.05) is 12.3 Å². The molecule has 1 aromatic carbocycles. The van der Waals surface area contributed by atoms with E-state index in [0.29, 0.717) is 40.7 Å². The monoisotopic (exact) mass is 514 g/mol. The van der Waals surface area contributed by atoms with E-state index in [1.54, 1.807) is 29.3 Å². The highest BCUT2D eigenvalue weighted by Crippen LogP contribution is 2.32. The predicted octanol–water partition coefficient (Wildman–Crippen LogP) is 3.14. The number of nitrogens with one attached hydrogen (secondary N) is 1. The first-order valence-electron chi connectivity index (χ1n) is 12.9. The number of carbonyl (C=O) groups excluding carboxylic acids is 1. The Bertz CT molecular complexity index is 1570. The SMILES string of the molecule is CC(C(=O)NCCC1CCC(O)CC1)(c1ccccc1)n1ncc2c1nc(N)n1nc(-c3ccco3)nc21. The van der Waals surface area contributed by atoms with Gasteiger partial charge in [0.25, 0.3) is 5.91 Å². The molecule has 1 aliphatic rings. The van der Waals surface area contributed by atoms with Crippen LogP contribution in [0.15, 0.2) is 59.3 Å². The number of anilines is 1. The van der Waals surface area contributed by atoms with Crippen LogP contribution in [0.4, 0.5) is 5.95 Å². The Balaban J connectivity index is 1.37. The molecule has 1 amide bonds. The molecular weight excluding hydrogens is 484 g/mol. The number of nitrogens with two attached hydrogens (primary N) is 1. The van der Waals surface area contributed by atoms with Crippen molar-refractivity contribution in [3.05, 3.63) is 60.5 Å². The Hall–Kier alpha value is -4.25. The van der Waals surface area contributed by atoms with E-state index in [1.807, 2.05) is 37.3 Å². The zero-order valence-electron chi connectivity index (χ0n) is 21.1. The highest BCUT2D eigenvalue weighted by Gasteiger charge is 2.40. The van der Waals surface area contributed by atoms with Crippen LogP contribution in [0.25, 0.3) is 28.3 Å². The number of fused-ring (bicyclic) bond motifs is 3. The second kappa shape index (κ2) is 9.56. The minimum Gasteiger partial charge on any atom is -0.461 e. The zero-order chi connectivity index (χ0) is 26.3. The van der Waals surface area contributed by atoms with E-state index in [0.717, 1.165) is 37.7 Å². The van der Waals surface area contributed by atoms with Gasteiger partial charge in [0.15, 0.2) is 22.6 Å². The smallest absolute Gasteiger partial charge is 0.252 e. The summed E-state index contributed by atoms with van der Waals surface area (Å²) in [6.45, 7) is 2.37. The number of amides is 1. The van der Waals surface area contributed by atoms with E-state index in [9.17, 15) is 9.90 Å². The Kier molecular flexibility index (Phi) is 6.07. The standard InChI is InChI=1S/C27H30N8O3/c1-27(18-6-3-2-4-7-18,25(37)29-14-13-17-9-11-19(36)12-10-17)35-24-20(16-30-35)23-31-22(21-8-5-15-38-21)33-34(23)26(28)32-24/h2-8,15-17,19,36H,9-14H2,1H3,(H2,28,32)(H,29,37). The number of carbonyl (C=O) groups is 1. The Morgan fingerprint density at radius 3 is 2.66 bits per heavy atom. The molecule has 6 rings (SSSR count). The average molecular weight is 515 g/mol. The number of aliphatic hydroxyl groups is 1. The Labute approximate surface area is 218 Å². The number of rotatable bonds is 7. The van der Waals surface area contributed by atoms with E-state index < -0.39 is 5.54 Å². The van der Waals surface area contributed by atoms with E-state index in [2.05, 4.69) is 25.5 Å². The maximum atomic E-state index is 13.9. The number of hydrogen-bond donors (Lipinski definition) is 3. The zero-order valence-corrected chi connectivity index (χ0v) is 21.1. The van der Waals surface area contributed by atoms with Gasteiger partial charge in [-0.3, -0.25) is 4.79 Å². The molecular formula is C27H30N8O3. The summed E-state index contributed by atoms with van der Waals surface area (Å²) in [5.41, 5.74) is 6.77. The van der Waals surface area contributed by atoms with Gasteiger partial charge >= 0.3 is 0 Å². The van der Waals surface area contributed by atoms with Crippen LogP contribution in [-0.2, 0) is 10.3 Å². The minimum absolute atomic E-state index is 0.120. The molecule has 1 fully saturated rings. The van der Waals surface area contributed by atoms with Gasteiger partial charge in [0.1, 0.15) is 0 Å². The molecule has 0 aliphatic heterocycles. The van der Waals surface area contributed by atoms with Crippen LogP contribution in [-0.4, -0.2) is 53.0 Å². The normalized spacial score (nSPS) is 19.5. The largest absolute Gasteiger partial charge is 0.461 e. The highest BCUT2D eigenvalue weighted by atomic mass is 16.3. The van der Waals surface area contributed by atoms with Crippen molar-refractivity contribution in [2.24, 2.45) is 5.92 Å². The molecule has 38 heavy (non-hydrogen) atoms. The van der Waals surface area contributed by atoms with Gasteiger partial charge in [0, 0.05) is 6.54 Å². The van der Waals surface area contributed by atoms with Crippen molar-refractivity contribution in [1.29, 1.82) is 0 Å². The highest BCUT2D eigenvalue weighted by molar-refractivity contribution is 5.94. The van der Waals surface area contributed by atoms with Crippen LogP contribution in [0, 0.1) is 5.92 Å². The lowest BCUT2D eigenvalue weighted by Crippen LogP contribution is -2.48. The lowest BCUT2D eigenvalue weighted by atomic mass is 9.85. The summed E-state index contributed by atoms with van der Waals surface area (Å²) in [5.74, 6) is 1.31. The summed E-state index contributed by atoms with van der Waals surface area (Å²) in [4.78, 5) is 23.1. The third-order valence-electron chi connectivity index (χ3n) is 7.63. The van der Waals surface area contributed by atoms with Gasteiger partial charge in [-0.25, -0.2) is 9.67 Å². The number of furan rings is 1. The number of aliphatic hydroxyl groups excluding tert-OH is 1. The molecule has 4 heterocycles. The van der Waals surface area contributed by atoms with Crippen molar-refractivity contribution in [1.82, 2.24) is 34.7 Å². The number of benzene rings is 1. The molecule has 1 unspecified atom stereocenters. The lowest BCUT2D eigenvalue weighted by Gasteiger charge is -2.30. The summed E-state index contributed by atoms with van der Waals surface area (Å²) in [5, 5.41) is 22.6. The van der Waals surface area contributed by atoms with E-state index in [1.165, 1.54) is 4.52 Å². The molecule has 4 N–H and O–H groups in total. The predicted molar refractivity (Wildman–Crippen MR) is 141 cm³/mol. The molecule has 1 saturated carbocycles. The number of nitrogen functional groups attached to an aromatic ring is 1. The molecule has 0 bridgehead atoms. The fraction of sp³-hybridized carbons (Fsp3) is 0.370. The van der Waals surface area contributed by atoms with Crippen LogP contribution in [0.5, 0.6) is 0 Å². The second-order valence-corrected chi connectivity index (χ2v) is 10.1. The van der Waals surface area contributed by atoms with Crippen LogP contribution in [0.3, 0.4) is 0 Å².